The van der Waals surface area contributed by atoms with Crippen LogP contribution in [-0.2, 0) is 26.5 Å². The number of hydrogen-bond donors (Lipinski definition) is 0. The van der Waals surface area contributed by atoms with E-state index in [-0.39, 0.29) is 45.4 Å². The van der Waals surface area contributed by atoms with Crippen LogP contribution in [0.4, 0.5) is 0 Å². The van der Waals surface area contributed by atoms with E-state index in [1.165, 1.54) is 0 Å². The van der Waals surface area contributed by atoms with Crippen LogP contribution >= 0.6 is 0 Å². The molecule has 12 nitrogen and oxygen atoms in total. The molecule has 0 N–H and O–H groups in total. The van der Waals surface area contributed by atoms with Gasteiger partial charge in [0.1, 0.15) is 18.6 Å². The van der Waals surface area contributed by atoms with Crippen LogP contribution in [0.15, 0.2) is 9.98 Å². The van der Waals surface area contributed by atoms with Gasteiger partial charge in [0.05, 0.1) is 12.1 Å². The molecule has 2 aliphatic heterocycles. The Morgan fingerprint density at radius 3 is 1.00 bits per heavy atom. The molecular formula is C17H30Cl2CuN2O10. The van der Waals surface area contributed by atoms with E-state index in [1.54, 1.807) is 0 Å². The van der Waals surface area contributed by atoms with Crippen LogP contribution in [0, 0.1) is 36.7 Å². The number of rotatable bonds is 2. The number of hydrogen-bond acceptors (Lipinski definition) is 12. The predicted molar refractivity (Wildman–Crippen MR) is 87.0 cm³/mol. The molecule has 193 valence electrons. The third-order valence-corrected chi connectivity index (χ3v) is 4.37. The molecule has 0 spiro atoms. The second kappa shape index (κ2) is 11.9. The third-order valence-electron chi connectivity index (χ3n) is 4.37. The van der Waals surface area contributed by atoms with Crippen LogP contribution in [0.5, 0.6) is 0 Å². The Morgan fingerprint density at radius 1 is 0.625 bits per heavy atom. The van der Waals surface area contributed by atoms with E-state index >= 15 is 0 Å². The minimum absolute atomic E-state index is 0. The van der Waals surface area contributed by atoms with Crippen molar-refractivity contribution in [3.63, 3.8) is 0 Å². The summed E-state index contributed by atoms with van der Waals surface area (Å²) in [5.41, 5.74) is -0.158. The molecule has 0 aliphatic carbocycles. The largest absolute Gasteiger partial charge is 2.00 e. The summed E-state index contributed by atoms with van der Waals surface area (Å²) in [5, 5.41) is 0. The van der Waals surface area contributed by atoms with Crippen molar-refractivity contribution < 1.29 is 84.3 Å². The molecule has 0 fully saturated rings. The molecule has 2 rings (SSSR count). The third kappa shape index (κ3) is 14.1. The molecule has 0 bridgehead atoms. The van der Waals surface area contributed by atoms with E-state index in [4.69, 9.17) is 56.7 Å². The van der Waals surface area contributed by atoms with E-state index in [0.29, 0.717) is 13.2 Å². The molecule has 0 unspecified atom stereocenters. The van der Waals surface area contributed by atoms with Crippen molar-refractivity contribution in [2.75, 3.05) is 13.2 Å². The van der Waals surface area contributed by atoms with Crippen LogP contribution < -0.4 is 37.3 Å². The summed E-state index contributed by atoms with van der Waals surface area (Å²) < 4.78 is 79.7. The fraction of sp³-hybridized carbons (Fsp3) is 0.882. The quantitative estimate of drug-likeness (QED) is 0.292. The van der Waals surface area contributed by atoms with Crippen LogP contribution in [0.25, 0.3) is 0 Å². The molecule has 0 saturated heterocycles. The van der Waals surface area contributed by atoms with Crippen molar-refractivity contribution in [3.8, 4) is 0 Å². The maximum Gasteiger partial charge on any atom is 2.00 e. The van der Waals surface area contributed by atoms with Gasteiger partial charge < -0.3 is 9.47 Å². The molecule has 0 aromatic carbocycles. The van der Waals surface area contributed by atoms with Gasteiger partial charge in [-0.15, -0.1) is 20.5 Å². The van der Waals surface area contributed by atoms with Crippen LogP contribution in [0.2, 0.25) is 0 Å². The smallest absolute Gasteiger partial charge is 0.478 e. The standard InChI is InChI=1S/C17H30N2O2.2ClHO4.Cu/c1-15(2,3)11-9-20-13(18-11)17(7,8)14-19-12(10-21-14)16(4,5)6;2*2-1(3,4)5;/h11-12H,9-10H2,1-8H3;2*(H,2,3,4,5);/q;;;+2/p-2/t11-,12-;;;/m1.../s1. The molecule has 32 heavy (non-hydrogen) atoms. The van der Waals surface area contributed by atoms with Gasteiger partial charge in [0.2, 0.25) is 0 Å². The number of ether oxygens (including phenoxy) is 2. The molecule has 0 amide bonds. The van der Waals surface area contributed by atoms with E-state index in [0.717, 1.165) is 11.8 Å². The molecule has 15 heteroatoms. The average molecular weight is 557 g/mol. The molecule has 2 atom stereocenters. The van der Waals surface area contributed by atoms with Gasteiger partial charge in [0, 0.05) is 0 Å². The summed E-state index contributed by atoms with van der Waals surface area (Å²) in [6, 6.07) is 0.402. The summed E-state index contributed by atoms with van der Waals surface area (Å²) in [7, 11) is -9.89. The fourth-order valence-electron chi connectivity index (χ4n) is 2.41. The first-order valence-corrected chi connectivity index (χ1v) is 11.5. The van der Waals surface area contributed by atoms with Gasteiger partial charge in [0.25, 0.3) is 0 Å². The van der Waals surface area contributed by atoms with Crippen LogP contribution in [0.1, 0.15) is 55.4 Å². The Kier molecular flexibility index (Phi) is 12.6. The average Bonchev–Trinajstić information content (AvgIpc) is 3.13. The predicted octanol–water partition coefficient (Wildman–Crippen LogP) is -5.82. The molecular weight excluding hydrogens is 527 g/mol. The first kappa shape index (κ1) is 33.9. The van der Waals surface area contributed by atoms with E-state index in [1.807, 2.05) is 0 Å². The van der Waals surface area contributed by atoms with Gasteiger partial charge in [-0.05, 0) is 24.7 Å². The van der Waals surface area contributed by atoms with Gasteiger partial charge in [0.15, 0.2) is 11.8 Å². The Hall–Kier alpha value is -0.281. The van der Waals surface area contributed by atoms with Crippen molar-refractivity contribution in [2.24, 2.45) is 26.2 Å². The normalized spacial score (nSPS) is 21.5. The topological polar surface area (TPSA) is 228 Å². The van der Waals surface area contributed by atoms with Crippen molar-refractivity contribution in [1.29, 1.82) is 0 Å². The minimum Gasteiger partial charge on any atom is -0.478 e. The maximum atomic E-state index is 8.49. The SMILES string of the molecule is CC(C)(C1=N[C@@H](C(C)(C)C)CO1)C1=N[C@@H](C(C)(C)C)CO1.[Cu+2].[O-][Cl+3]([O-])([O-])[O-].[O-][Cl+3]([O-])([O-])[O-]. The zero-order valence-electron chi connectivity index (χ0n) is 19.1. The molecule has 0 saturated carbocycles. The van der Waals surface area contributed by atoms with E-state index in [2.05, 4.69) is 55.4 Å². The van der Waals surface area contributed by atoms with Gasteiger partial charge in [-0.1, -0.05) is 41.5 Å². The summed E-state index contributed by atoms with van der Waals surface area (Å²) in [6.45, 7) is 18.6. The Balaban J connectivity index is 0. The number of nitrogens with zero attached hydrogens (tertiary/aromatic N) is 2. The van der Waals surface area contributed by atoms with Crippen LogP contribution in [-0.4, -0.2) is 37.1 Å². The second-order valence-corrected chi connectivity index (χ2v) is 11.1. The Labute approximate surface area is 202 Å². The molecule has 2 aliphatic rings. The second-order valence-electron chi connectivity index (χ2n) is 9.64. The molecule has 1 radical (unpaired) electrons. The van der Waals surface area contributed by atoms with E-state index in [9.17, 15) is 0 Å². The summed E-state index contributed by atoms with van der Waals surface area (Å²) in [6.07, 6.45) is 0. The number of halogens is 2. The van der Waals surface area contributed by atoms with Crippen molar-refractivity contribution >= 4 is 11.8 Å². The zero-order chi connectivity index (χ0) is 25.1. The fourth-order valence-corrected chi connectivity index (χ4v) is 2.41. The van der Waals surface area contributed by atoms with E-state index < -0.39 is 20.5 Å². The molecule has 0 aromatic rings. The van der Waals surface area contributed by atoms with Crippen molar-refractivity contribution in [3.05, 3.63) is 0 Å². The molecule has 2 heterocycles. The van der Waals surface area contributed by atoms with Crippen LogP contribution in [0.3, 0.4) is 0 Å². The minimum atomic E-state index is -4.94. The summed E-state index contributed by atoms with van der Waals surface area (Å²) >= 11 is 0. The van der Waals surface area contributed by atoms with Gasteiger partial charge >= 0.3 is 17.1 Å². The Bertz CT molecular complexity index is 584. The van der Waals surface area contributed by atoms with Gasteiger partial charge in [-0.25, -0.2) is 47.3 Å². The Morgan fingerprint density at radius 2 is 0.844 bits per heavy atom. The first-order valence-electron chi connectivity index (χ1n) is 9.08. The zero-order valence-corrected chi connectivity index (χ0v) is 21.6. The van der Waals surface area contributed by atoms with Crippen molar-refractivity contribution in [2.45, 2.75) is 67.5 Å². The monoisotopic (exact) mass is 555 g/mol. The number of aliphatic imine (C=N–C) groups is 2. The molecule has 0 aromatic heterocycles. The maximum absolute atomic E-state index is 8.49. The van der Waals surface area contributed by atoms with Crippen molar-refractivity contribution in [1.82, 2.24) is 0 Å². The van der Waals surface area contributed by atoms with Gasteiger partial charge in [-0.2, -0.15) is 0 Å². The summed E-state index contributed by atoms with van der Waals surface area (Å²) in [4.78, 5) is 9.59. The first-order chi connectivity index (χ1) is 13.4. The summed E-state index contributed by atoms with van der Waals surface area (Å²) in [5.74, 6) is 1.52. The van der Waals surface area contributed by atoms with Gasteiger partial charge in [-0.3, -0.25) is 0 Å².